The van der Waals surface area contributed by atoms with Gasteiger partial charge in [0.15, 0.2) is 0 Å². The minimum atomic E-state index is 0.410. The van der Waals surface area contributed by atoms with Crippen molar-refractivity contribution in [2.24, 2.45) is 17.8 Å². The summed E-state index contributed by atoms with van der Waals surface area (Å²) in [7, 11) is 0. The molecule has 1 saturated carbocycles. The van der Waals surface area contributed by atoms with E-state index in [1.165, 1.54) is 87.7 Å². The van der Waals surface area contributed by atoms with Gasteiger partial charge in [0.25, 0.3) is 0 Å². The van der Waals surface area contributed by atoms with Gasteiger partial charge in [0.1, 0.15) is 0 Å². The highest BCUT2D eigenvalue weighted by atomic mass is 35.5. The molecule has 3 atom stereocenters. The lowest BCUT2D eigenvalue weighted by molar-refractivity contribution is -0.0301. The molecule has 3 aromatic rings. The molecule has 2 saturated heterocycles. The maximum atomic E-state index is 6.70. The van der Waals surface area contributed by atoms with Crippen molar-refractivity contribution in [3.63, 3.8) is 0 Å². The largest absolute Gasteiger partial charge is 0.373 e. The zero-order chi connectivity index (χ0) is 28.7. The van der Waals surface area contributed by atoms with E-state index in [1.54, 1.807) is 0 Å². The molecule has 226 valence electrons. The van der Waals surface area contributed by atoms with Crippen LogP contribution in [0.4, 0.5) is 0 Å². The second-order valence-electron chi connectivity index (χ2n) is 13.1. The van der Waals surface area contributed by atoms with Crippen molar-refractivity contribution in [1.29, 1.82) is 0 Å². The van der Waals surface area contributed by atoms with Gasteiger partial charge in [-0.15, -0.1) is 0 Å². The van der Waals surface area contributed by atoms with E-state index in [0.717, 1.165) is 43.1 Å². The van der Waals surface area contributed by atoms with Crippen molar-refractivity contribution >= 4 is 34.5 Å². The van der Waals surface area contributed by atoms with E-state index in [2.05, 4.69) is 63.0 Å². The van der Waals surface area contributed by atoms with E-state index in [4.69, 9.17) is 27.9 Å². The molecular formula is C36H46Cl2N2OS. The highest BCUT2D eigenvalue weighted by Crippen LogP contribution is 2.38. The van der Waals surface area contributed by atoms with Crippen molar-refractivity contribution in [2.45, 2.75) is 76.5 Å². The lowest BCUT2D eigenvalue weighted by atomic mass is 9.80. The summed E-state index contributed by atoms with van der Waals surface area (Å²) in [4.78, 5) is 5.37. The molecule has 42 heavy (non-hydrogen) atoms. The minimum absolute atomic E-state index is 0.410. The van der Waals surface area contributed by atoms with Crippen LogP contribution in [0, 0.1) is 17.8 Å². The van der Waals surface area contributed by atoms with Crippen LogP contribution in [0.3, 0.4) is 0 Å². The molecule has 3 heterocycles. The molecule has 2 aliphatic heterocycles. The van der Waals surface area contributed by atoms with Gasteiger partial charge in [-0.25, -0.2) is 0 Å². The number of nitrogens with zero attached hydrogens (tertiary/aromatic N) is 2. The van der Waals surface area contributed by atoms with Crippen LogP contribution in [0.5, 0.6) is 0 Å². The Bertz CT molecular complexity index is 1220. The van der Waals surface area contributed by atoms with Gasteiger partial charge in [-0.3, -0.25) is 4.90 Å². The zero-order valence-corrected chi connectivity index (χ0v) is 27.1. The fraction of sp³-hybridized carbons (Fsp3) is 0.556. The maximum absolute atomic E-state index is 6.70. The predicted octanol–water partition coefficient (Wildman–Crippen LogP) is 9.54. The Balaban J connectivity index is 1.04. The number of rotatable bonds is 11. The van der Waals surface area contributed by atoms with Crippen LogP contribution < -0.4 is 0 Å². The van der Waals surface area contributed by atoms with Crippen LogP contribution in [-0.2, 0) is 17.9 Å². The molecule has 1 aliphatic carbocycles. The van der Waals surface area contributed by atoms with Crippen LogP contribution in [0.15, 0.2) is 65.4 Å². The van der Waals surface area contributed by atoms with E-state index >= 15 is 0 Å². The number of hydrogen-bond acceptors (Lipinski definition) is 4. The van der Waals surface area contributed by atoms with Gasteiger partial charge in [-0.05, 0) is 109 Å². The molecule has 0 amide bonds. The summed E-state index contributed by atoms with van der Waals surface area (Å²) in [6, 6.07) is 19.0. The van der Waals surface area contributed by atoms with Crippen molar-refractivity contribution in [3.8, 4) is 0 Å². The molecule has 0 bridgehead atoms. The third-order valence-electron chi connectivity index (χ3n) is 10.1. The topological polar surface area (TPSA) is 15.7 Å². The molecule has 3 nitrogen and oxygen atoms in total. The summed E-state index contributed by atoms with van der Waals surface area (Å²) in [6.07, 6.45) is 11.1. The van der Waals surface area contributed by atoms with Crippen molar-refractivity contribution in [3.05, 3.63) is 92.1 Å². The highest BCUT2D eigenvalue weighted by molar-refractivity contribution is 7.08. The van der Waals surface area contributed by atoms with E-state index in [-0.39, 0.29) is 0 Å². The first kappa shape index (κ1) is 30.6. The first-order chi connectivity index (χ1) is 20.6. The van der Waals surface area contributed by atoms with Crippen LogP contribution in [0.1, 0.15) is 74.0 Å². The van der Waals surface area contributed by atoms with Gasteiger partial charge in [0, 0.05) is 42.1 Å². The molecule has 0 radical (unpaired) electrons. The number of likely N-dealkylation sites (tertiary alicyclic amines) is 2. The molecule has 0 N–H and O–H groups in total. The summed E-state index contributed by atoms with van der Waals surface area (Å²) < 4.78 is 6.70. The molecule has 0 spiro atoms. The Kier molecular flexibility index (Phi) is 11.0. The fourth-order valence-corrected chi connectivity index (χ4v) is 8.97. The van der Waals surface area contributed by atoms with Crippen molar-refractivity contribution < 1.29 is 4.74 Å². The predicted molar refractivity (Wildman–Crippen MR) is 178 cm³/mol. The van der Waals surface area contributed by atoms with Gasteiger partial charge in [-0.2, -0.15) is 11.3 Å². The van der Waals surface area contributed by atoms with Gasteiger partial charge in [0.2, 0.25) is 0 Å². The molecule has 3 fully saturated rings. The quantitative estimate of drug-likeness (QED) is 0.211. The number of thiophene rings is 1. The van der Waals surface area contributed by atoms with Crippen LogP contribution in [0.25, 0.3) is 0 Å². The second kappa shape index (κ2) is 15.1. The lowest BCUT2D eigenvalue weighted by Gasteiger charge is -2.38. The Labute approximate surface area is 267 Å². The molecular weight excluding hydrogens is 579 g/mol. The number of hydrogen-bond donors (Lipinski definition) is 0. The summed E-state index contributed by atoms with van der Waals surface area (Å²) >= 11 is 14.5. The number of halogens is 2. The van der Waals surface area contributed by atoms with E-state index in [9.17, 15) is 0 Å². The average molecular weight is 626 g/mol. The summed E-state index contributed by atoms with van der Waals surface area (Å²) in [5.41, 5.74) is 3.99. The molecule has 6 rings (SSSR count). The number of piperidine rings is 1. The molecule has 3 aliphatic rings. The summed E-state index contributed by atoms with van der Waals surface area (Å²) in [6.45, 7) is 7.49. The van der Waals surface area contributed by atoms with Gasteiger partial charge >= 0.3 is 0 Å². The monoisotopic (exact) mass is 624 g/mol. The lowest BCUT2D eigenvalue weighted by Crippen LogP contribution is -2.40. The number of ether oxygens (including phenoxy) is 1. The number of benzene rings is 2. The second-order valence-corrected chi connectivity index (χ2v) is 14.7. The first-order valence-corrected chi connectivity index (χ1v) is 17.9. The fourth-order valence-electron chi connectivity index (χ4n) is 7.77. The third kappa shape index (κ3) is 8.20. The maximum Gasteiger partial charge on any atom is 0.0720 e. The zero-order valence-electron chi connectivity index (χ0n) is 24.8. The van der Waals surface area contributed by atoms with Crippen LogP contribution >= 0.6 is 34.5 Å². The minimum Gasteiger partial charge on any atom is -0.373 e. The Morgan fingerprint density at radius 2 is 1.69 bits per heavy atom. The summed E-state index contributed by atoms with van der Waals surface area (Å²) in [5, 5.41) is 6.08. The molecule has 2 aromatic carbocycles. The molecule has 1 unspecified atom stereocenters. The van der Waals surface area contributed by atoms with E-state index in [0.29, 0.717) is 23.0 Å². The molecule has 6 heteroatoms. The highest BCUT2D eigenvalue weighted by Gasteiger charge is 2.36. The Morgan fingerprint density at radius 1 is 0.881 bits per heavy atom. The smallest absolute Gasteiger partial charge is 0.0720 e. The van der Waals surface area contributed by atoms with Crippen molar-refractivity contribution in [1.82, 2.24) is 9.80 Å². The normalized spacial score (nSPS) is 23.9. The van der Waals surface area contributed by atoms with E-state index in [1.807, 2.05) is 23.5 Å². The van der Waals surface area contributed by atoms with Crippen LogP contribution in [-0.4, -0.2) is 48.6 Å². The standard InChI is InChI=1S/C36H46Cl2N2OS/c37-33-12-11-30(35(38)20-33)21-40-23-32(34(24-40)31-15-18-42-26-31)22-39-16-13-27(14-17-39)19-36(29-9-5-2-6-10-29)41-25-28-7-3-1-4-8-28/h1,3-4,7-8,11-12,15,18,20,26-27,29,32,34,36H,2,5-6,9-10,13-14,16-17,19,21-25H2/t32-,34+,36?/m0/s1. The summed E-state index contributed by atoms with van der Waals surface area (Å²) in [5.74, 6) is 2.75. The average Bonchev–Trinajstić information content (AvgIpc) is 3.69. The van der Waals surface area contributed by atoms with E-state index < -0.39 is 0 Å². The molecule has 1 aromatic heterocycles. The SMILES string of the molecule is Clc1ccc(CN2C[C@H](CN3CCC(CC(OCc4ccccc4)C4CCCCC4)CC3)[C@@H](c3ccsc3)C2)c(Cl)c1. The van der Waals surface area contributed by atoms with Crippen molar-refractivity contribution in [2.75, 3.05) is 32.7 Å². The Hall–Kier alpha value is -1.40. The van der Waals surface area contributed by atoms with Gasteiger partial charge < -0.3 is 9.64 Å². The first-order valence-electron chi connectivity index (χ1n) is 16.2. The van der Waals surface area contributed by atoms with Gasteiger partial charge in [0.05, 0.1) is 12.7 Å². The van der Waals surface area contributed by atoms with Crippen LogP contribution in [0.2, 0.25) is 10.0 Å². The Morgan fingerprint density at radius 3 is 2.43 bits per heavy atom. The van der Waals surface area contributed by atoms with Gasteiger partial charge in [-0.1, -0.05) is 78.9 Å². The third-order valence-corrected chi connectivity index (χ3v) is 11.4.